The van der Waals surface area contributed by atoms with Crippen molar-refractivity contribution in [2.24, 2.45) is 5.92 Å². The Labute approximate surface area is 217 Å². The Hall–Kier alpha value is -4.11. The molecular formula is C28H24N2O6S. The van der Waals surface area contributed by atoms with Gasteiger partial charge in [-0.3, -0.25) is 29.4 Å². The molecule has 188 valence electrons. The number of para-hydroxylation sites is 1. The number of allylic oxidation sites excluding steroid dienone is 2. The summed E-state index contributed by atoms with van der Waals surface area (Å²) in [6.45, 7) is 1.83. The summed E-state index contributed by atoms with van der Waals surface area (Å²) in [4.78, 5) is 54.4. The van der Waals surface area contributed by atoms with Crippen LogP contribution in [0.3, 0.4) is 0 Å². The van der Waals surface area contributed by atoms with Gasteiger partial charge in [-0.15, -0.1) is 11.3 Å². The fourth-order valence-electron chi connectivity index (χ4n) is 5.32. The average Bonchev–Trinajstić information content (AvgIpc) is 3.43. The molecule has 0 bridgehead atoms. The van der Waals surface area contributed by atoms with E-state index in [1.54, 1.807) is 36.1 Å². The van der Waals surface area contributed by atoms with E-state index in [2.05, 4.69) is 0 Å². The number of hydrogen-bond donors (Lipinski definition) is 0. The third-order valence-electron chi connectivity index (χ3n) is 6.87. The lowest BCUT2D eigenvalue weighted by atomic mass is 9.69. The highest BCUT2D eigenvalue weighted by molar-refractivity contribution is 7.10. The molecule has 1 aliphatic heterocycles. The number of carbonyl (C=O) groups is 3. The average molecular weight is 517 g/mol. The maximum atomic E-state index is 14.2. The standard InChI is InChI=1S/C28H24N2O6S/c1-2-36-28(33)26-21(23-12-7-13-37-23)15-22-25(27(26)32)20(17-8-6-11-19(14-17)30(34)35)16-24(31)29(22)18-9-4-3-5-10-18/h3-14,20-21,26H,2,15-16H2,1H3/t20-,21+,26+/m1/s1. The van der Waals surface area contributed by atoms with Crippen LogP contribution in [0.1, 0.15) is 42.0 Å². The van der Waals surface area contributed by atoms with Crippen molar-refractivity contribution < 1.29 is 24.0 Å². The van der Waals surface area contributed by atoms with E-state index in [-0.39, 0.29) is 31.0 Å². The topological polar surface area (TPSA) is 107 Å². The largest absolute Gasteiger partial charge is 0.465 e. The minimum absolute atomic E-state index is 0.0557. The minimum Gasteiger partial charge on any atom is -0.465 e. The molecule has 8 nitrogen and oxygen atoms in total. The summed E-state index contributed by atoms with van der Waals surface area (Å²) in [5.74, 6) is -3.48. The Morgan fingerprint density at radius 2 is 1.86 bits per heavy atom. The number of nitro benzene ring substituents is 1. The second-order valence-corrected chi connectivity index (χ2v) is 9.93. The number of rotatable bonds is 6. The van der Waals surface area contributed by atoms with Crippen molar-refractivity contribution in [2.75, 3.05) is 11.5 Å². The number of carbonyl (C=O) groups excluding carboxylic acids is 3. The summed E-state index contributed by atoms with van der Waals surface area (Å²) in [7, 11) is 0. The van der Waals surface area contributed by atoms with Crippen LogP contribution < -0.4 is 4.90 Å². The molecule has 3 atom stereocenters. The first-order valence-corrected chi connectivity index (χ1v) is 12.9. The van der Waals surface area contributed by atoms with Gasteiger partial charge in [-0.25, -0.2) is 0 Å². The Morgan fingerprint density at radius 3 is 2.54 bits per heavy atom. The Kier molecular flexibility index (Phi) is 6.71. The molecule has 1 aliphatic carbocycles. The number of nitrogens with zero attached hydrogens (tertiary/aromatic N) is 2. The van der Waals surface area contributed by atoms with E-state index in [0.29, 0.717) is 22.5 Å². The molecule has 0 unspecified atom stereocenters. The van der Waals surface area contributed by atoms with Crippen LogP contribution in [-0.4, -0.2) is 29.2 Å². The van der Waals surface area contributed by atoms with E-state index >= 15 is 0 Å². The number of thiophene rings is 1. The number of anilines is 1. The molecule has 1 aromatic heterocycles. The SMILES string of the molecule is CCOC(=O)[C@@H]1C(=O)C2=C(C[C@H]1c1cccs1)N(c1ccccc1)C(=O)C[C@@H]2c1cccc([N+](=O)[O-])c1. The summed E-state index contributed by atoms with van der Waals surface area (Å²) >= 11 is 1.45. The molecule has 0 radical (unpaired) electrons. The zero-order chi connectivity index (χ0) is 26.1. The van der Waals surface area contributed by atoms with Gasteiger partial charge in [0.15, 0.2) is 5.78 Å². The van der Waals surface area contributed by atoms with Crippen LogP contribution in [0.15, 0.2) is 83.4 Å². The van der Waals surface area contributed by atoms with Crippen molar-refractivity contribution in [1.29, 1.82) is 0 Å². The molecule has 0 saturated heterocycles. The molecule has 3 aromatic rings. The van der Waals surface area contributed by atoms with Crippen LogP contribution in [-0.2, 0) is 19.1 Å². The molecule has 0 spiro atoms. The van der Waals surface area contributed by atoms with Gasteiger partial charge in [0, 0.05) is 52.2 Å². The Bertz CT molecular complexity index is 1400. The van der Waals surface area contributed by atoms with E-state index in [1.165, 1.54) is 23.5 Å². The highest BCUT2D eigenvalue weighted by Gasteiger charge is 2.50. The highest BCUT2D eigenvalue weighted by atomic mass is 32.1. The smallest absolute Gasteiger partial charge is 0.317 e. The van der Waals surface area contributed by atoms with Gasteiger partial charge in [-0.2, -0.15) is 0 Å². The fraction of sp³-hybridized carbons (Fsp3) is 0.250. The molecule has 2 aromatic carbocycles. The molecule has 5 rings (SSSR count). The number of nitro groups is 1. The van der Waals surface area contributed by atoms with E-state index in [4.69, 9.17) is 4.74 Å². The first-order chi connectivity index (χ1) is 17.9. The zero-order valence-electron chi connectivity index (χ0n) is 20.0. The van der Waals surface area contributed by atoms with Crippen molar-refractivity contribution in [3.8, 4) is 0 Å². The second-order valence-electron chi connectivity index (χ2n) is 8.95. The van der Waals surface area contributed by atoms with Crippen LogP contribution >= 0.6 is 11.3 Å². The number of ether oxygens (including phenoxy) is 1. The lowest BCUT2D eigenvalue weighted by molar-refractivity contribution is -0.384. The van der Waals surface area contributed by atoms with Gasteiger partial charge in [0.2, 0.25) is 5.91 Å². The van der Waals surface area contributed by atoms with Crippen LogP contribution in [0, 0.1) is 16.0 Å². The van der Waals surface area contributed by atoms with Crippen molar-refractivity contribution in [3.05, 3.63) is 104 Å². The van der Waals surface area contributed by atoms with Gasteiger partial charge in [-0.05, 0) is 42.5 Å². The Balaban J connectivity index is 1.72. The highest BCUT2D eigenvalue weighted by Crippen LogP contribution is 2.50. The van der Waals surface area contributed by atoms with E-state index in [0.717, 1.165) is 4.88 Å². The minimum atomic E-state index is -1.07. The third kappa shape index (κ3) is 4.46. The maximum Gasteiger partial charge on any atom is 0.317 e. The van der Waals surface area contributed by atoms with Crippen molar-refractivity contribution in [3.63, 3.8) is 0 Å². The Morgan fingerprint density at radius 1 is 1.08 bits per heavy atom. The molecule has 37 heavy (non-hydrogen) atoms. The van der Waals surface area contributed by atoms with E-state index in [9.17, 15) is 24.5 Å². The van der Waals surface area contributed by atoms with E-state index < -0.39 is 34.4 Å². The van der Waals surface area contributed by atoms with Crippen LogP contribution in [0.5, 0.6) is 0 Å². The van der Waals surface area contributed by atoms with Gasteiger partial charge in [-0.1, -0.05) is 36.4 Å². The van der Waals surface area contributed by atoms with Crippen LogP contribution in [0.4, 0.5) is 11.4 Å². The lowest BCUT2D eigenvalue weighted by Gasteiger charge is -2.42. The molecule has 2 heterocycles. The maximum absolute atomic E-state index is 14.2. The van der Waals surface area contributed by atoms with Gasteiger partial charge in [0.05, 0.1) is 11.5 Å². The number of Topliss-reactive ketones (excluding diaryl/α,β-unsaturated/α-hetero) is 1. The van der Waals surface area contributed by atoms with Crippen LogP contribution in [0.25, 0.3) is 0 Å². The normalized spacial score (nSPS) is 21.5. The summed E-state index contributed by atoms with van der Waals surface area (Å²) in [6.07, 6.45) is 0.219. The first-order valence-electron chi connectivity index (χ1n) is 12.0. The second kappa shape index (κ2) is 10.1. The quantitative estimate of drug-likeness (QED) is 0.189. The number of non-ortho nitro benzene ring substituents is 1. The zero-order valence-corrected chi connectivity index (χ0v) is 20.9. The van der Waals surface area contributed by atoms with Gasteiger partial charge >= 0.3 is 5.97 Å². The molecule has 0 N–H and O–H groups in total. The van der Waals surface area contributed by atoms with Crippen molar-refractivity contribution in [2.45, 2.75) is 31.6 Å². The van der Waals surface area contributed by atoms with E-state index in [1.807, 2.05) is 35.7 Å². The number of ketones is 1. The summed E-state index contributed by atoms with van der Waals surface area (Å²) in [6, 6.07) is 18.8. The molecule has 9 heteroatoms. The number of benzene rings is 2. The lowest BCUT2D eigenvalue weighted by Crippen LogP contribution is -2.46. The first kappa shape index (κ1) is 24.6. The molecule has 0 fully saturated rings. The van der Waals surface area contributed by atoms with Crippen LogP contribution in [0.2, 0.25) is 0 Å². The predicted molar refractivity (Wildman–Crippen MR) is 138 cm³/mol. The third-order valence-corrected chi connectivity index (χ3v) is 7.87. The number of hydrogen-bond acceptors (Lipinski definition) is 7. The summed E-state index contributed by atoms with van der Waals surface area (Å²) in [5, 5.41) is 13.4. The summed E-state index contributed by atoms with van der Waals surface area (Å²) in [5.41, 5.74) is 1.87. The molecule has 0 saturated carbocycles. The predicted octanol–water partition coefficient (Wildman–Crippen LogP) is 5.37. The van der Waals surface area contributed by atoms with Crippen molar-refractivity contribution in [1.82, 2.24) is 0 Å². The van der Waals surface area contributed by atoms with Gasteiger partial charge < -0.3 is 4.74 Å². The number of esters is 1. The molecular weight excluding hydrogens is 492 g/mol. The monoisotopic (exact) mass is 516 g/mol. The van der Waals surface area contributed by atoms with Gasteiger partial charge in [0.1, 0.15) is 5.92 Å². The van der Waals surface area contributed by atoms with Gasteiger partial charge in [0.25, 0.3) is 5.69 Å². The molecule has 2 aliphatic rings. The fourth-order valence-corrected chi connectivity index (χ4v) is 6.18. The summed E-state index contributed by atoms with van der Waals surface area (Å²) < 4.78 is 5.34. The molecule has 1 amide bonds. The van der Waals surface area contributed by atoms with Crippen molar-refractivity contribution >= 4 is 40.4 Å². The number of amides is 1.